The van der Waals surface area contributed by atoms with Gasteiger partial charge in [-0.1, -0.05) is 30.3 Å². The molecule has 0 bridgehead atoms. The Morgan fingerprint density at radius 3 is 2.29 bits per heavy atom. The van der Waals surface area contributed by atoms with Crippen molar-refractivity contribution in [2.75, 3.05) is 18.5 Å². The Kier molecular flexibility index (Phi) is 8.09. The van der Waals surface area contributed by atoms with Crippen molar-refractivity contribution in [2.45, 2.75) is 26.9 Å². The second kappa shape index (κ2) is 10.8. The van der Waals surface area contributed by atoms with Gasteiger partial charge < -0.3 is 19.5 Å². The third-order valence-electron chi connectivity index (χ3n) is 3.72. The zero-order valence-corrected chi connectivity index (χ0v) is 16.3. The van der Waals surface area contributed by atoms with Crippen LogP contribution in [0.25, 0.3) is 6.08 Å². The number of hydrogen-bond acceptors (Lipinski definition) is 5. The highest BCUT2D eigenvalue weighted by molar-refractivity contribution is 5.97. The highest BCUT2D eigenvalue weighted by Crippen LogP contribution is 2.24. The molecule has 2 aromatic rings. The van der Waals surface area contributed by atoms with Gasteiger partial charge in [0.2, 0.25) is 0 Å². The Morgan fingerprint density at radius 1 is 0.964 bits per heavy atom. The first-order valence-electron chi connectivity index (χ1n) is 9.18. The van der Waals surface area contributed by atoms with E-state index in [0.717, 1.165) is 5.56 Å². The molecule has 0 saturated carbocycles. The minimum atomic E-state index is -0.964. The molecule has 6 nitrogen and oxygen atoms in total. The van der Waals surface area contributed by atoms with Crippen molar-refractivity contribution < 1.29 is 23.8 Å². The Labute approximate surface area is 165 Å². The summed E-state index contributed by atoms with van der Waals surface area (Å²) < 4.78 is 16.2. The van der Waals surface area contributed by atoms with Crippen LogP contribution < -0.4 is 14.8 Å². The molecule has 0 radical (unpaired) electrons. The van der Waals surface area contributed by atoms with Crippen LogP contribution in [0.15, 0.2) is 54.6 Å². The van der Waals surface area contributed by atoms with Crippen molar-refractivity contribution in [2.24, 2.45) is 0 Å². The number of anilines is 1. The van der Waals surface area contributed by atoms with Crippen LogP contribution in [0, 0.1) is 0 Å². The molecule has 0 spiro atoms. The molecule has 0 unspecified atom stereocenters. The molecule has 0 aliphatic carbocycles. The van der Waals surface area contributed by atoms with Crippen LogP contribution in [-0.2, 0) is 14.3 Å². The number of nitrogens with one attached hydrogen (secondary N) is 1. The zero-order chi connectivity index (χ0) is 20.4. The Hall–Kier alpha value is -3.28. The number of hydrogen-bond donors (Lipinski definition) is 1. The van der Waals surface area contributed by atoms with E-state index in [1.54, 1.807) is 24.3 Å². The van der Waals surface area contributed by atoms with E-state index >= 15 is 0 Å². The lowest BCUT2D eigenvalue weighted by Crippen LogP contribution is -2.29. The molecule has 2 rings (SSSR count). The number of rotatable bonds is 9. The van der Waals surface area contributed by atoms with Crippen molar-refractivity contribution in [1.82, 2.24) is 0 Å². The fourth-order valence-electron chi connectivity index (χ4n) is 2.42. The Morgan fingerprint density at radius 2 is 1.57 bits per heavy atom. The van der Waals surface area contributed by atoms with Gasteiger partial charge in [0, 0.05) is 11.6 Å². The summed E-state index contributed by atoms with van der Waals surface area (Å²) in [6, 6.07) is 14.4. The topological polar surface area (TPSA) is 73.9 Å². The van der Waals surface area contributed by atoms with Crippen LogP contribution in [-0.4, -0.2) is 31.2 Å². The van der Waals surface area contributed by atoms with Crippen LogP contribution in [0.2, 0.25) is 0 Å². The van der Waals surface area contributed by atoms with Gasteiger partial charge in [-0.3, -0.25) is 4.79 Å². The van der Waals surface area contributed by atoms with Crippen LogP contribution in [0.5, 0.6) is 11.5 Å². The number of carbonyl (C=O) groups excluding carboxylic acids is 2. The average molecular weight is 383 g/mol. The molecule has 1 N–H and O–H groups in total. The van der Waals surface area contributed by atoms with Gasteiger partial charge in [0.15, 0.2) is 6.10 Å². The number of amides is 1. The number of para-hydroxylation sites is 3. The summed E-state index contributed by atoms with van der Waals surface area (Å²) in [5, 5.41) is 2.71. The third-order valence-corrected chi connectivity index (χ3v) is 3.72. The van der Waals surface area contributed by atoms with Gasteiger partial charge in [-0.15, -0.1) is 0 Å². The number of benzene rings is 2. The normalized spacial score (nSPS) is 11.7. The van der Waals surface area contributed by atoms with Crippen molar-refractivity contribution in [1.29, 1.82) is 0 Å². The van der Waals surface area contributed by atoms with Crippen LogP contribution in [0.1, 0.15) is 26.3 Å². The number of carbonyl (C=O) groups is 2. The first-order chi connectivity index (χ1) is 13.5. The Bertz CT molecular complexity index is 831. The number of ether oxygens (including phenoxy) is 3. The van der Waals surface area contributed by atoms with E-state index in [1.165, 1.54) is 13.0 Å². The van der Waals surface area contributed by atoms with E-state index in [0.29, 0.717) is 30.4 Å². The predicted octanol–water partition coefficient (Wildman–Crippen LogP) is 4.07. The second-order valence-electron chi connectivity index (χ2n) is 5.80. The molecule has 1 amide bonds. The summed E-state index contributed by atoms with van der Waals surface area (Å²) in [4.78, 5) is 24.4. The molecule has 0 fully saturated rings. The minimum Gasteiger partial charge on any atom is -0.493 e. The lowest BCUT2D eigenvalue weighted by molar-refractivity contribution is -0.148. The molecular weight excluding hydrogens is 358 g/mol. The average Bonchev–Trinajstić information content (AvgIpc) is 2.69. The van der Waals surface area contributed by atoms with Gasteiger partial charge >= 0.3 is 5.97 Å². The van der Waals surface area contributed by atoms with Crippen molar-refractivity contribution in [3.05, 3.63) is 60.2 Å². The van der Waals surface area contributed by atoms with Gasteiger partial charge in [0.1, 0.15) is 11.5 Å². The van der Waals surface area contributed by atoms with Gasteiger partial charge in [-0.25, -0.2) is 4.79 Å². The molecular formula is C22H25NO5. The molecule has 0 heterocycles. The van der Waals surface area contributed by atoms with E-state index in [-0.39, 0.29) is 0 Å². The maximum absolute atomic E-state index is 12.3. The van der Waals surface area contributed by atoms with Crippen LogP contribution in [0.4, 0.5) is 5.69 Å². The monoisotopic (exact) mass is 383 g/mol. The molecule has 1 atom stereocenters. The summed E-state index contributed by atoms with van der Waals surface area (Å²) in [5.41, 5.74) is 1.28. The molecule has 2 aromatic carbocycles. The van der Waals surface area contributed by atoms with Gasteiger partial charge in [0.05, 0.1) is 18.9 Å². The first-order valence-corrected chi connectivity index (χ1v) is 9.18. The lowest BCUT2D eigenvalue weighted by Gasteiger charge is -2.15. The molecule has 0 saturated heterocycles. The maximum Gasteiger partial charge on any atom is 0.331 e. The van der Waals surface area contributed by atoms with E-state index in [9.17, 15) is 9.59 Å². The largest absolute Gasteiger partial charge is 0.493 e. The fourth-order valence-corrected chi connectivity index (χ4v) is 2.42. The summed E-state index contributed by atoms with van der Waals surface area (Å²) in [6.45, 7) is 6.26. The first kappa shape index (κ1) is 21.0. The molecule has 0 aliphatic heterocycles. The predicted molar refractivity (Wildman–Crippen MR) is 108 cm³/mol. The minimum absolute atomic E-state index is 0.441. The van der Waals surface area contributed by atoms with Gasteiger partial charge in [-0.2, -0.15) is 0 Å². The van der Waals surface area contributed by atoms with Crippen molar-refractivity contribution in [3.63, 3.8) is 0 Å². The molecule has 28 heavy (non-hydrogen) atoms. The molecule has 0 aromatic heterocycles. The Balaban J connectivity index is 1.96. The third kappa shape index (κ3) is 6.16. The van der Waals surface area contributed by atoms with Crippen molar-refractivity contribution >= 4 is 23.6 Å². The smallest absolute Gasteiger partial charge is 0.331 e. The standard InChI is InChI=1S/C22H25NO5/c1-4-26-19-12-8-6-10-17(19)14-15-21(24)28-16(3)22(25)23-18-11-7-9-13-20(18)27-5-2/h6-16H,4-5H2,1-3H3,(H,23,25)/b15-14+/t16-/m0/s1. The highest BCUT2D eigenvalue weighted by Gasteiger charge is 2.18. The molecule has 0 aliphatic rings. The maximum atomic E-state index is 12.3. The van der Waals surface area contributed by atoms with E-state index in [2.05, 4.69) is 5.32 Å². The van der Waals surface area contributed by atoms with Crippen molar-refractivity contribution in [3.8, 4) is 11.5 Å². The SMILES string of the molecule is CCOc1ccccc1/C=C/C(=O)O[C@@H](C)C(=O)Nc1ccccc1OCC. The van der Waals surface area contributed by atoms with Gasteiger partial charge in [0.25, 0.3) is 5.91 Å². The molecule has 148 valence electrons. The summed E-state index contributed by atoms with van der Waals surface area (Å²) >= 11 is 0. The fraction of sp³-hybridized carbons (Fsp3) is 0.273. The summed E-state index contributed by atoms with van der Waals surface area (Å²) in [5.74, 6) is 0.173. The highest BCUT2D eigenvalue weighted by atomic mass is 16.5. The van der Waals surface area contributed by atoms with E-state index < -0.39 is 18.0 Å². The van der Waals surface area contributed by atoms with Gasteiger partial charge in [-0.05, 0) is 45.0 Å². The van der Waals surface area contributed by atoms with Crippen LogP contribution >= 0.6 is 0 Å². The summed E-state index contributed by atoms with van der Waals surface area (Å²) in [7, 11) is 0. The second-order valence-corrected chi connectivity index (χ2v) is 5.80. The zero-order valence-electron chi connectivity index (χ0n) is 16.3. The van der Waals surface area contributed by atoms with Crippen LogP contribution in [0.3, 0.4) is 0 Å². The quantitative estimate of drug-likeness (QED) is 0.522. The molecule has 6 heteroatoms. The van der Waals surface area contributed by atoms with E-state index in [1.807, 2.05) is 44.2 Å². The lowest BCUT2D eigenvalue weighted by atomic mass is 10.2. The number of esters is 1. The van der Waals surface area contributed by atoms with E-state index in [4.69, 9.17) is 14.2 Å². The summed E-state index contributed by atoms with van der Waals surface area (Å²) in [6.07, 6.45) is 1.91.